The van der Waals surface area contributed by atoms with Gasteiger partial charge in [0.15, 0.2) is 5.82 Å². The molecule has 1 unspecified atom stereocenters. The van der Waals surface area contributed by atoms with Crippen LogP contribution in [0.1, 0.15) is 96.5 Å². The van der Waals surface area contributed by atoms with Gasteiger partial charge < -0.3 is 4.74 Å². The molecule has 0 spiro atoms. The number of halogens is 1. The third-order valence-electron chi connectivity index (χ3n) is 6.92. The van der Waals surface area contributed by atoms with Crippen LogP contribution in [0.15, 0.2) is 60.9 Å². The third kappa shape index (κ3) is 10.6. The van der Waals surface area contributed by atoms with E-state index in [4.69, 9.17) is 4.74 Å². The molecular formula is C33H45FN2O. The molecular weight excluding hydrogens is 459 g/mol. The molecule has 3 rings (SSSR count). The van der Waals surface area contributed by atoms with E-state index in [1.54, 1.807) is 0 Å². The number of rotatable bonds is 18. The summed E-state index contributed by atoms with van der Waals surface area (Å²) in [7, 11) is 0. The van der Waals surface area contributed by atoms with Gasteiger partial charge >= 0.3 is 0 Å². The Morgan fingerprint density at radius 3 is 1.86 bits per heavy atom. The molecule has 37 heavy (non-hydrogen) atoms. The summed E-state index contributed by atoms with van der Waals surface area (Å²) in [4.78, 5) is 9.20. The average molecular weight is 505 g/mol. The van der Waals surface area contributed by atoms with Gasteiger partial charge in [0.1, 0.15) is 18.5 Å². The number of aryl methyl sites for hydroxylation is 1. The highest BCUT2D eigenvalue weighted by Gasteiger charge is 2.08. The molecule has 0 radical (unpaired) electrons. The number of hydrogen-bond acceptors (Lipinski definition) is 3. The fraction of sp³-hybridized carbons (Fsp3) is 0.515. The smallest absolute Gasteiger partial charge is 0.159 e. The fourth-order valence-corrected chi connectivity index (χ4v) is 4.54. The van der Waals surface area contributed by atoms with Crippen LogP contribution in [0.4, 0.5) is 4.39 Å². The van der Waals surface area contributed by atoms with Crippen LogP contribution in [-0.4, -0.2) is 22.7 Å². The highest BCUT2D eigenvalue weighted by Crippen LogP contribution is 2.24. The van der Waals surface area contributed by atoms with Crippen molar-refractivity contribution in [1.29, 1.82) is 0 Å². The second-order valence-electron chi connectivity index (χ2n) is 10.1. The van der Waals surface area contributed by atoms with E-state index in [-0.39, 0.29) is 6.61 Å². The van der Waals surface area contributed by atoms with E-state index in [1.807, 2.05) is 36.7 Å². The van der Waals surface area contributed by atoms with Crippen molar-refractivity contribution in [2.45, 2.75) is 103 Å². The number of nitrogens with zero attached hydrogens (tertiary/aromatic N) is 2. The van der Waals surface area contributed by atoms with Gasteiger partial charge in [0.05, 0.1) is 0 Å². The van der Waals surface area contributed by atoms with Gasteiger partial charge in [-0.25, -0.2) is 14.4 Å². The fourth-order valence-electron chi connectivity index (χ4n) is 4.54. The van der Waals surface area contributed by atoms with Gasteiger partial charge in [-0.05, 0) is 42.5 Å². The van der Waals surface area contributed by atoms with Gasteiger partial charge in [0.2, 0.25) is 0 Å². The second-order valence-corrected chi connectivity index (χ2v) is 10.1. The summed E-state index contributed by atoms with van der Waals surface area (Å²) < 4.78 is 19.7. The lowest BCUT2D eigenvalue weighted by atomic mass is 10.0. The van der Waals surface area contributed by atoms with E-state index in [9.17, 15) is 4.39 Å². The van der Waals surface area contributed by atoms with Gasteiger partial charge in [-0.2, -0.15) is 0 Å². The summed E-state index contributed by atoms with van der Waals surface area (Å²) in [5, 5.41) is 0. The van der Waals surface area contributed by atoms with Crippen LogP contribution in [0.25, 0.3) is 22.5 Å². The SMILES string of the molecule is CCCCCCCCCc1ccc(-c2ncc(-c3ccc(OCC(F)CCCCCC)cc3)cn2)cc1. The van der Waals surface area contributed by atoms with E-state index < -0.39 is 6.17 Å². The van der Waals surface area contributed by atoms with Crippen LogP contribution in [0.5, 0.6) is 5.75 Å². The monoisotopic (exact) mass is 504 g/mol. The highest BCUT2D eigenvalue weighted by molar-refractivity contribution is 5.64. The molecule has 0 aliphatic carbocycles. The predicted molar refractivity (Wildman–Crippen MR) is 154 cm³/mol. The maximum absolute atomic E-state index is 14.0. The Labute approximate surface area is 223 Å². The van der Waals surface area contributed by atoms with Crippen molar-refractivity contribution in [3.8, 4) is 28.3 Å². The van der Waals surface area contributed by atoms with E-state index >= 15 is 0 Å². The molecule has 1 heterocycles. The summed E-state index contributed by atoms with van der Waals surface area (Å²) in [5.41, 5.74) is 4.38. The Balaban J connectivity index is 1.43. The number of ether oxygens (including phenoxy) is 1. The lowest BCUT2D eigenvalue weighted by molar-refractivity contribution is 0.184. The first-order chi connectivity index (χ1) is 18.2. The molecule has 3 aromatic rings. The number of aromatic nitrogens is 2. The van der Waals surface area contributed by atoms with Gasteiger partial charge in [0.25, 0.3) is 0 Å². The van der Waals surface area contributed by atoms with Crippen LogP contribution in [0.2, 0.25) is 0 Å². The quantitative estimate of drug-likeness (QED) is 0.162. The summed E-state index contributed by atoms with van der Waals surface area (Å²) in [6, 6.07) is 16.4. The van der Waals surface area contributed by atoms with Gasteiger partial charge in [-0.1, -0.05) is 114 Å². The average Bonchev–Trinajstić information content (AvgIpc) is 2.94. The number of unbranched alkanes of at least 4 members (excludes halogenated alkanes) is 9. The minimum Gasteiger partial charge on any atom is -0.491 e. The third-order valence-corrected chi connectivity index (χ3v) is 6.92. The molecule has 0 saturated carbocycles. The first-order valence-electron chi connectivity index (χ1n) is 14.5. The summed E-state index contributed by atoms with van der Waals surface area (Å²) >= 11 is 0. The van der Waals surface area contributed by atoms with Crippen molar-refractivity contribution < 1.29 is 9.13 Å². The lowest BCUT2D eigenvalue weighted by Crippen LogP contribution is -2.12. The molecule has 0 fully saturated rings. The van der Waals surface area contributed by atoms with Crippen LogP contribution < -0.4 is 4.74 Å². The van der Waals surface area contributed by atoms with Crippen LogP contribution in [0.3, 0.4) is 0 Å². The number of hydrogen-bond donors (Lipinski definition) is 0. The van der Waals surface area contributed by atoms with Crippen molar-refractivity contribution in [1.82, 2.24) is 9.97 Å². The summed E-state index contributed by atoms with van der Waals surface area (Å²) in [6.07, 6.45) is 18.2. The van der Waals surface area contributed by atoms with Crippen molar-refractivity contribution in [3.63, 3.8) is 0 Å². The van der Waals surface area contributed by atoms with Crippen LogP contribution >= 0.6 is 0 Å². The van der Waals surface area contributed by atoms with Crippen molar-refractivity contribution in [2.75, 3.05) is 6.61 Å². The zero-order chi connectivity index (χ0) is 26.1. The maximum atomic E-state index is 14.0. The predicted octanol–water partition coefficient (Wildman–Crippen LogP) is 9.79. The Morgan fingerprint density at radius 1 is 0.649 bits per heavy atom. The molecule has 2 aromatic carbocycles. The molecule has 0 N–H and O–H groups in total. The molecule has 4 heteroatoms. The molecule has 1 aromatic heterocycles. The van der Waals surface area contributed by atoms with Gasteiger partial charge in [-0.15, -0.1) is 0 Å². The molecule has 3 nitrogen and oxygen atoms in total. The minimum absolute atomic E-state index is 0.112. The number of alkyl halides is 1. The molecule has 0 amide bonds. The molecule has 200 valence electrons. The zero-order valence-electron chi connectivity index (χ0n) is 22.9. The van der Waals surface area contributed by atoms with Gasteiger partial charge in [-0.3, -0.25) is 0 Å². The molecule has 0 aliphatic heterocycles. The first-order valence-corrected chi connectivity index (χ1v) is 14.5. The Bertz CT molecular complexity index is 986. The number of benzene rings is 2. The van der Waals surface area contributed by atoms with Gasteiger partial charge in [0, 0.05) is 23.5 Å². The lowest BCUT2D eigenvalue weighted by Gasteiger charge is -2.11. The first kappa shape index (κ1) is 28.8. The van der Waals surface area contributed by atoms with Crippen molar-refractivity contribution >= 4 is 0 Å². The van der Waals surface area contributed by atoms with Crippen molar-refractivity contribution in [2.24, 2.45) is 0 Å². The largest absolute Gasteiger partial charge is 0.491 e. The molecule has 0 saturated heterocycles. The Kier molecular flexibility index (Phi) is 13.2. The molecule has 1 atom stereocenters. The second kappa shape index (κ2) is 16.9. The molecule has 0 aliphatic rings. The maximum Gasteiger partial charge on any atom is 0.159 e. The Hall–Kier alpha value is -2.75. The topological polar surface area (TPSA) is 35.0 Å². The van der Waals surface area contributed by atoms with E-state index in [0.717, 1.165) is 41.8 Å². The van der Waals surface area contributed by atoms with Crippen molar-refractivity contribution in [3.05, 3.63) is 66.5 Å². The van der Waals surface area contributed by atoms with E-state index in [1.165, 1.54) is 63.4 Å². The van der Waals surface area contributed by atoms with Crippen LogP contribution in [-0.2, 0) is 6.42 Å². The molecule has 0 bridgehead atoms. The standard InChI is InChI=1S/C33H45FN2O/c1-3-5-7-9-10-11-12-14-27-16-18-29(19-17-27)33-35-24-30(25-36-33)28-20-22-32(23-21-28)37-26-31(34)15-13-8-6-4-2/h16-25,31H,3-15,26H2,1-2H3. The van der Waals surface area contributed by atoms with E-state index in [2.05, 4.69) is 48.1 Å². The summed E-state index contributed by atoms with van der Waals surface area (Å²) in [6.45, 7) is 4.54. The normalized spacial score (nSPS) is 12.0. The Morgan fingerprint density at radius 2 is 1.22 bits per heavy atom. The minimum atomic E-state index is -0.910. The summed E-state index contributed by atoms with van der Waals surface area (Å²) in [5.74, 6) is 1.42. The van der Waals surface area contributed by atoms with E-state index in [0.29, 0.717) is 12.2 Å². The van der Waals surface area contributed by atoms with Crippen LogP contribution in [0, 0.1) is 0 Å². The zero-order valence-corrected chi connectivity index (χ0v) is 22.9. The highest BCUT2D eigenvalue weighted by atomic mass is 19.1.